The summed E-state index contributed by atoms with van der Waals surface area (Å²) in [5.74, 6) is 1.87. The lowest BCUT2D eigenvalue weighted by Gasteiger charge is -2.71. The summed E-state index contributed by atoms with van der Waals surface area (Å²) >= 11 is 0. The fourth-order valence-electron chi connectivity index (χ4n) is 10.6. The molecule has 0 radical (unpaired) electrons. The number of allylic oxidation sites excluding steroid dienone is 2. The maximum absolute atomic E-state index is 10.9. The van der Waals surface area contributed by atoms with E-state index < -0.39 is 0 Å². The highest BCUT2D eigenvalue weighted by atomic mass is 16.3. The molecule has 4 fully saturated rings. The molecule has 0 heterocycles. The minimum atomic E-state index is -0.153. The predicted molar refractivity (Wildman–Crippen MR) is 132 cm³/mol. The van der Waals surface area contributed by atoms with Crippen LogP contribution in [-0.4, -0.2) is 22.9 Å². The highest BCUT2D eigenvalue weighted by Crippen LogP contribution is 2.75. The summed E-state index contributed by atoms with van der Waals surface area (Å²) in [5.41, 5.74) is 3.16. The van der Waals surface area contributed by atoms with Gasteiger partial charge in [-0.2, -0.15) is 0 Å². The lowest BCUT2D eigenvalue weighted by atomic mass is 9.33. The summed E-state index contributed by atoms with van der Waals surface area (Å²) in [6.45, 7) is 17.8. The maximum Gasteiger partial charge on any atom is 0.0594 e. The van der Waals surface area contributed by atoms with Gasteiger partial charge in [0.15, 0.2) is 0 Å². The summed E-state index contributed by atoms with van der Waals surface area (Å²) in [4.78, 5) is 0. The van der Waals surface area contributed by atoms with E-state index in [1.54, 1.807) is 5.57 Å². The minimum Gasteiger partial charge on any atom is -0.396 e. The van der Waals surface area contributed by atoms with Crippen LogP contribution in [0.2, 0.25) is 0 Å². The van der Waals surface area contributed by atoms with Gasteiger partial charge in [0.1, 0.15) is 0 Å². The van der Waals surface area contributed by atoms with Crippen LogP contribution < -0.4 is 0 Å². The van der Waals surface area contributed by atoms with E-state index >= 15 is 0 Å². The van der Waals surface area contributed by atoms with Crippen molar-refractivity contribution in [2.45, 2.75) is 119 Å². The van der Waals surface area contributed by atoms with Gasteiger partial charge in [0.25, 0.3) is 0 Å². The van der Waals surface area contributed by atoms with Crippen LogP contribution >= 0.6 is 0 Å². The van der Waals surface area contributed by atoms with Crippen molar-refractivity contribution in [1.29, 1.82) is 0 Å². The van der Waals surface area contributed by atoms with Gasteiger partial charge in [0.05, 0.1) is 6.10 Å². The Morgan fingerprint density at radius 2 is 1.53 bits per heavy atom. The second-order valence-corrected chi connectivity index (χ2v) is 15.1. The van der Waals surface area contributed by atoms with Gasteiger partial charge < -0.3 is 10.2 Å². The molecule has 4 saturated carbocycles. The first kappa shape index (κ1) is 23.4. The van der Waals surface area contributed by atoms with Gasteiger partial charge in [-0.1, -0.05) is 60.1 Å². The molecule has 0 aromatic rings. The fraction of sp³-hybridized carbons (Fsp3) is 0.933. The molecule has 2 nitrogen and oxygen atoms in total. The first-order valence-electron chi connectivity index (χ1n) is 13.8. The summed E-state index contributed by atoms with van der Waals surface area (Å²) in [7, 11) is 0. The van der Waals surface area contributed by atoms with Gasteiger partial charge in [-0.25, -0.2) is 0 Å². The number of hydrogen-bond donors (Lipinski definition) is 2. The fourth-order valence-corrected chi connectivity index (χ4v) is 10.6. The molecule has 5 aliphatic rings. The van der Waals surface area contributed by atoms with E-state index in [1.165, 1.54) is 57.8 Å². The largest absolute Gasteiger partial charge is 0.396 e. The van der Waals surface area contributed by atoms with Crippen LogP contribution in [0, 0.1) is 50.2 Å². The maximum atomic E-state index is 10.9. The van der Waals surface area contributed by atoms with Crippen LogP contribution in [0.4, 0.5) is 0 Å². The van der Waals surface area contributed by atoms with E-state index in [0.717, 1.165) is 6.42 Å². The van der Waals surface area contributed by atoms with Crippen molar-refractivity contribution in [2.75, 3.05) is 6.61 Å². The van der Waals surface area contributed by atoms with Crippen molar-refractivity contribution in [1.82, 2.24) is 0 Å². The SMILES string of the molecule is CC1(C)CC[C@]2(CO)CC[C@]3(C)C(=CC[C@@H]4[C@@]5(C)CC[C@@H](O)C(C)(C)[C@H]5CC[C@]43C)[C@H]2C1. The zero-order chi connectivity index (χ0) is 23.4. The quantitative estimate of drug-likeness (QED) is 0.424. The molecular weight excluding hydrogens is 392 g/mol. The predicted octanol–water partition coefficient (Wildman–Crippen LogP) is 7.14. The Hall–Kier alpha value is -0.340. The summed E-state index contributed by atoms with van der Waals surface area (Å²) in [5, 5.41) is 21.5. The van der Waals surface area contributed by atoms with E-state index in [-0.39, 0.29) is 22.3 Å². The highest BCUT2D eigenvalue weighted by molar-refractivity contribution is 5.33. The van der Waals surface area contributed by atoms with Crippen molar-refractivity contribution in [3.05, 3.63) is 11.6 Å². The Kier molecular flexibility index (Phi) is 5.02. The van der Waals surface area contributed by atoms with Crippen molar-refractivity contribution < 1.29 is 10.2 Å². The van der Waals surface area contributed by atoms with E-state index in [1.807, 2.05) is 0 Å². The molecular formula is C30H50O2. The van der Waals surface area contributed by atoms with Gasteiger partial charge in [-0.05, 0) is 109 Å². The zero-order valence-electron chi connectivity index (χ0n) is 22.1. The Bertz CT molecular complexity index is 810. The third kappa shape index (κ3) is 2.78. The Morgan fingerprint density at radius 3 is 2.22 bits per heavy atom. The van der Waals surface area contributed by atoms with Crippen LogP contribution in [0.5, 0.6) is 0 Å². The molecule has 0 unspecified atom stereocenters. The summed E-state index contributed by atoms with van der Waals surface area (Å²) in [6.07, 6.45) is 14.6. The van der Waals surface area contributed by atoms with E-state index in [0.29, 0.717) is 40.6 Å². The Morgan fingerprint density at radius 1 is 0.844 bits per heavy atom. The average Bonchev–Trinajstić information content (AvgIpc) is 2.71. The molecule has 0 amide bonds. The Balaban J connectivity index is 1.58. The normalized spacial score (nSPS) is 53.8. The van der Waals surface area contributed by atoms with Gasteiger partial charge in [-0.15, -0.1) is 0 Å². The third-order valence-corrected chi connectivity index (χ3v) is 13.1. The number of rotatable bonds is 1. The molecule has 2 heteroatoms. The second kappa shape index (κ2) is 6.87. The van der Waals surface area contributed by atoms with Crippen LogP contribution in [0.3, 0.4) is 0 Å². The molecule has 0 spiro atoms. The molecule has 0 bridgehead atoms. The first-order chi connectivity index (χ1) is 14.8. The van der Waals surface area contributed by atoms with Crippen LogP contribution in [0.25, 0.3) is 0 Å². The molecule has 182 valence electrons. The molecule has 2 N–H and O–H groups in total. The standard InChI is InChI=1S/C30H50O2/c1-25(2)14-16-30(19-31)17-15-28(6)20(21(30)18-25)8-9-23-27(5)12-11-24(32)26(3,4)22(27)10-13-29(23,28)7/h8,21-24,31-32H,9-19H2,1-7H3/t21-,22-,23-,24-,27+,28-,29-,30-/m1/s1. The van der Waals surface area contributed by atoms with Crippen molar-refractivity contribution in [2.24, 2.45) is 50.2 Å². The zero-order valence-corrected chi connectivity index (χ0v) is 22.1. The van der Waals surface area contributed by atoms with Crippen molar-refractivity contribution >= 4 is 0 Å². The molecule has 0 aliphatic heterocycles. The number of aliphatic hydroxyl groups is 2. The smallest absolute Gasteiger partial charge is 0.0594 e. The average molecular weight is 443 g/mol. The highest BCUT2D eigenvalue weighted by Gasteiger charge is 2.68. The number of fused-ring (bicyclic) bond motifs is 7. The Labute approximate surface area is 197 Å². The van der Waals surface area contributed by atoms with E-state index in [9.17, 15) is 10.2 Å². The molecule has 0 aromatic heterocycles. The number of hydrogen-bond acceptors (Lipinski definition) is 2. The first-order valence-corrected chi connectivity index (χ1v) is 13.8. The second-order valence-electron chi connectivity index (χ2n) is 15.1. The molecule has 0 saturated heterocycles. The van der Waals surface area contributed by atoms with Crippen molar-refractivity contribution in [3.8, 4) is 0 Å². The topological polar surface area (TPSA) is 40.5 Å². The van der Waals surface area contributed by atoms with E-state index in [2.05, 4.69) is 54.5 Å². The van der Waals surface area contributed by atoms with Crippen LogP contribution in [-0.2, 0) is 0 Å². The lowest BCUT2D eigenvalue weighted by Crippen LogP contribution is -2.64. The summed E-state index contributed by atoms with van der Waals surface area (Å²) < 4.78 is 0. The van der Waals surface area contributed by atoms with Gasteiger partial charge in [0.2, 0.25) is 0 Å². The van der Waals surface area contributed by atoms with Crippen LogP contribution in [0.15, 0.2) is 11.6 Å². The molecule has 5 rings (SSSR count). The molecule has 32 heavy (non-hydrogen) atoms. The molecule has 8 atom stereocenters. The molecule has 5 aliphatic carbocycles. The van der Waals surface area contributed by atoms with E-state index in [4.69, 9.17) is 0 Å². The van der Waals surface area contributed by atoms with Crippen molar-refractivity contribution in [3.63, 3.8) is 0 Å². The van der Waals surface area contributed by atoms with Gasteiger partial charge in [-0.3, -0.25) is 0 Å². The van der Waals surface area contributed by atoms with Gasteiger partial charge >= 0.3 is 0 Å². The number of aliphatic hydroxyl groups excluding tert-OH is 2. The van der Waals surface area contributed by atoms with Gasteiger partial charge in [0, 0.05) is 12.0 Å². The monoisotopic (exact) mass is 442 g/mol. The van der Waals surface area contributed by atoms with Crippen LogP contribution in [0.1, 0.15) is 113 Å². The lowest BCUT2D eigenvalue weighted by molar-refractivity contribution is -0.204. The third-order valence-electron chi connectivity index (χ3n) is 13.1. The summed E-state index contributed by atoms with van der Waals surface area (Å²) in [6, 6.07) is 0. The minimum absolute atomic E-state index is 0.0191. The molecule has 0 aromatic carbocycles.